The number of amides is 1. The summed E-state index contributed by atoms with van der Waals surface area (Å²) in [5.74, 6) is 0.111. The number of aromatic nitrogens is 3. The van der Waals surface area contributed by atoms with Crippen molar-refractivity contribution in [2.45, 2.75) is 6.92 Å². The van der Waals surface area contributed by atoms with Gasteiger partial charge < -0.3 is 20.0 Å². The second-order valence-electron chi connectivity index (χ2n) is 6.91. The fourth-order valence-electron chi connectivity index (χ4n) is 3.62. The molecule has 146 valence electrons. The van der Waals surface area contributed by atoms with Crippen LogP contribution in [0.4, 0.5) is 0 Å². The summed E-state index contributed by atoms with van der Waals surface area (Å²) in [4.78, 5) is 21.0. The van der Waals surface area contributed by atoms with Crippen LogP contribution in [-0.2, 0) is 0 Å². The molecule has 2 aromatic rings. The van der Waals surface area contributed by atoms with Crippen LogP contribution in [0.15, 0.2) is 30.5 Å². The summed E-state index contributed by atoms with van der Waals surface area (Å²) >= 11 is 0. The largest absolute Gasteiger partial charge is 0.396 e. The highest BCUT2D eigenvalue weighted by Crippen LogP contribution is 2.26. The van der Waals surface area contributed by atoms with Gasteiger partial charge in [-0.2, -0.15) is 5.10 Å². The van der Waals surface area contributed by atoms with E-state index in [1.54, 1.807) is 17.2 Å². The Morgan fingerprint density at radius 1 is 1.30 bits per heavy atom. The maximum atomic E-state index is 12.9. The van der Waals surface area contributed by atoms with Crippen molar-refractivity contribution < 1.29 is 15.0 Å². The van der Waals surface area contributed by atoms with Crippen LogP contribution in [0.3, 0.4) is 0 Å². The van der Waals surface area contributed by atoms with E-state index in [2.05, 4.69) is 20.1 Å². The molecule has 0 bridgehead atoms. The molecule has 1 aliphatic heterocycles. The van der Waals surface area contributed by atoms with Crippen LogP contribution < -0.4 is 0 Å². The average molecular weight is 373 g/mol. The summed E-state index contributed by atoms with van der Waals surface area (Å²) in [5.41, 5.74) is 1.77. The highest BCUT2D eigenvalue weighted by molar-refractivity contribution is 5.93. The molecule has 0 spiro atoms. The molecule has 3 heterocycles. The van der Waals surface area contributed by atoms with Gasteiger partial charge in [0.15, 0.2) is 0 Å². The minimum Gasteiger partial charge on any atom is -0.396 e. The van der Waals surface area contributed by atoms with Crippen molar-refractivity contribution in [3.8, 4) is 11.4 Å². The van der Waals surface area contributed by atoms with Crippen molar-refractivity contribution in [1.82, 2.24) is 25.0 Å². The van der Waals surface area contributed by atoms with E-state index in [-0.39, 0.29) is 31.0 Å². The van der Waals surface area contributed by atoms with Gasteiger partial charge in [0, 0.05) is 44.9 Å². The maximum Gasteiger partial charge on any atom is 0.271 e. The van der Waals surface area contributed by atoms with Crippen LogP contribution in [-0.4, -0.2) is 87.0 Å². The lowest BCUT2D eigenvalue weighted by Gasteiger charge is -2.25. The Labute approximate surface area is 158 Å². The van der Waals surface area contributed by atoms with Crippen LogP contribution in [0.25, 0.3) is 11.4 Å². The molecule has 1 saturated heterocycles. The number of carbonyl (C=O) groups excluding carboxylic acids is 1. The molecule has 3 N–H and O–H groups in total. The fraction of sp³-hybridized carbons (Fsp3) is 0.526. The molecule has 1 fully saturated rings. The van der Waals surface area contributed by atoms with Gasteiger partial charge in [-0.3, -0.25) is 14.9 Å². The van der Waals surface area contributed by atoms with Crippen LogP contribution in [0, 0.1) is 11.8 Å². The molecule has 2 aromatic heterocycles. The highest BCUT2D eigenvalue weighted by Gasteiger charge is 2.36. The summed E-state index contributed by atoms with van der Waals surface area (Å²) < 4.78 is 0. The van der Waals surface area contributed by atoms with Crippen molar-refractivity contribution in [1.29, 1.82) is 0 Å². The molecule has 0 saturated carbocycles. The first-order valence-corrected chi connectivity index (χ1v) is 9.36. The highest BCUT2D eigenvalue weighted by atomic mass is 16.3. The smallest absolute Gasteiger partial charge is 0.271 e. The van der Waals surface area contributed by atoms with E-state index in [1.165, 1.54) is 0 Å². The Morgan fingerprint density at radius 3 is 2.78 bits per heavy atom. The summed E-state index contributed by atoms with van der Waals surface area (Å²) in [6, 6.07) is 7.27. The molecule has 1 aliphatic rings. The topological polar surface area (TPSA) is 106 Å². The maximum absolute atomic E-state index is 12.9. The lowest BCUT2D eigenvalue weighted by molar-refractivity contribution is 0.0772. The zero-order valence-electron chi connectivity index (χ0n) is 15.6. The quantitative estimate of drug-likeness (QED) is 0.621. The zero-order valence-corrected chi connectivity index (χ0v) is 15.6. The van der Waals surface area contributed by atoms with Crippen molar-refractivity contribution >= 4 is 5.91 Å². The first kappa shape index (κ1) is 19.5. The van der Waals surface area contributed by atoms with Gasteiger partial charge in [-0.25, -0.2) is 0 Å². The number of pyridine rings is 1. The number of hydrogen-bond donors (Lipinski definition) is 3. The minimum absolute atomic E-state index is 0.0416. The van der Waals surface area contributed by atoms with Gasteiger partial charge in [-0.15, -0.1) is 0 Å². The number of carbonyl (C=O) groups is 1. The summed E-state index contributed by atoms with van der Waals surface area (Å²) in [5, 5.41) is 25.9. The standard InChI is InChI=1S/C19H27N5O3/c1-2-23(7-8-25)10-14-11-24(12-15(14)13-26)19(27)18-9-17(21-22-18)16-5-3-4-6-20-16/h3-6,9,14-15,25-26H,2,7-8,10-13H2,1H3,(H,21,22)/t14-,15-/m1/s1. The number of likely N-dealkylation sites (tertiary alicyclic amines) is 1. The monoisotopic (exact) mass is 373 g/mol. The minimum atomic E-state index is -0.115. The van der Waals surface area contributed by atoms with Crippen molar-refractivity contribution in [3.63, 3.8) is 0 Å². The Bertz CT molecular complexity index is 736. The number of aliphatic hydroxyl groups is 2. The van der Waals surface area contributed by atoms with Gasteiger partial charge in [-0.1, -0.05) is 13.0 Å². The zero-order chi connectivity index (χ0) is 19.2. The first-order valence-electron chi connectivity index (χ1n) is 9.36. The summed E-state index contributed by atoms with van der Waals surface area (Å²) in [6.45, 7) is 5.51. The lowest BCUT2D eigenvalue weighted by Crippen LogP contribution is -2.36. The Kier molecular flexibility index (Phi) is 6.54. The van der Waals surface area contributed by atoms with Crippen LogP contribution >= 0.6 is 0 Å². The normalized spacial score (nSPS) is 19.8. The molecule has 8 nitrogen and oxygen atoms in total. The Morgan fingerprint density at radius 2 is 2.11 bits per heavy atom. The van der Waals surface area contributed by atoms with Crippen LogP contribution in [0.2, 0.25) is 0 Å². The Balaban J connectivity index is 1.68. The number of aliphatic hydroxyl groups excluding tert-OH is 2. The molecule has 3 rings (SSSR count). The third-order valence-corrected chi connectivity index (χ3v) is 5.19. The average Bonchev–Trinajstić information content (AvgIpc) is 3.35. The number of aromatic amines is 1. The molecule has 2 atom stereocenters. The van der Waals surface area contributed by atoms with Gasteiger partial charge in [-0.05, 0) is 30.7 Å². The summed E-state index contributed by atoms with van der Waals surface area (Å²) in [6.07, 6.45) is 1.69. The number of rotatable bonds is 8. The second kappa shape index (κ2) is 9.07. The van der Waals surface area contributed by atoms with Crippen LogP contribution in [0.1, 0.15) is 17.4 Å². The first-order chi connectivity index (χ1) is 13.2. The number of hydrogen-bond acceptors (Lipinski definition) is 6. The van der Waals surface area contributed by atoms with E-state index in [9.17, 15) is 15.0 Å². The van der Waals surface area contributed by atoms with Gasteiger partial charge in [0.25, 0.3) is 5.91 Å². The van der Waals surface area contributed by atoms with Crippen molar-refractivity contribution in [2.75, 3.05) is 45.9 Å². The number of H-pyrrole nitrogens is 1. The molecule has 0 aromatic carbocycles. The predicted octanol–water partition coefficient (Wildman–Crippen LogP) is 0.466. The van der Waals surface area contributed by atoms with Crippen LogP contribution in [0.5, 0.6) is 0 Å². The van der Waals surface area contributed by atoms with Gasteiger partial charge >= 0.3 is 0 Å². The number of nitrogens with one attached hydrogen (secondary N) is 1. The molecular weight excluding hydrogens is 346 g/mol. The van der Waals surface area contributed by atoms with Gasteiger partial charge in [0.1, 0.15) is 11.4 Å². The van der Waals surface area contributed by atoms with Crippen molar-refractivity contribution in [3.05, 3.63) is 36.2 Å². The fourth-order valence-corrected chi connectivity index (χ4v) is 3.62. The van der Waals surface area contributed by atoms with E-state index in [0.29, 0.717) is 36.7 Å². The third kappa shape index (κ3) is 4.52. The van der Waals surface area contributed by atoms with E-state index >= 15 is 0 Å². The van der Waals surface area contributed by atoms with E-state index in [1.807, 2.05) is 25.1 Å². The van der Waals surface area contributed by atoms with Gasteiger partial charge in [0.05, 0.1) is 12.3 Å². The second-order valence-corrected chi connectivity index (χ2v) is 6.91. The molecule has 0 radical (unpaired) electrons. The van der Waals surface area contributed by atoms with E-state index in [4.69, 9.17) is 0 Å². The number of likely N-dealkylation sites (N-methyl/N-ethyl adjacent to an activating group) is 1. The predicted molar refractivity (Wildman–Crippen MR) is 101 cm³/mol. The summed E-state index contributed by atoms with van der Waals surface area (Å²) in [7, 11) is 0. The number of nitrogens with zero attached hydrogens (tertiary/aromatic N) is 4. The van der Waals surface area contributed by atoms with E-state index < -0.39 is 0 Å². The van der Waals surface area contributed by atoms with E-state index in [0.717, 1.165) is 13.1 Å². The molecule has 27 heavy (non-hydrogen) atoms. The Hall–Kier alpha value is -2.29. The molecule has 0 aliphatic carbocycles. The molecule has 8 heteroatoms. The van der Waals surface area contributed by atoms with Gasteiger partial charge in [0.2, 0.25) is 0 Å². The molecule has 0 unspecified atom stereocenters. The lowest BCUT2D eigenvalue weighted by atomic mass is 9.96. The molecule has 1 amide bonds. The SMILES string of the molecule is CCN(CCO)C[C@@H]1CN(C(=O)c2cc(-c3ccccn3)n[nH]2)C[C@@H]1CO. The third-order valence-electron chi connectivity index (χ3n) is 5.19. The van der Waals surface area contributed by atoms with Crippen molar-refractivity contribution in [2.24, 2.45) is 11.8 Å². The molecular formula is C19H27N5O3.